The van der Waals surface area contributed by atoms with E-state index in [-0.39, 0.29) is 17.4 Å². The highest BCUT2D eigenvalue weighted by Gasteiger charge is 2.34. The minimum absolute atomic E-state index is 0.0377. The molecule has 132 valence electrons. The van der Waals surface area contributed by atoms with Crippen molar-refractivity contribution in [3.05, 3.63) is 21.6 Å². The molecular weight excluding hydrogens is 322 g/mol. The smallest absolute Gasteiger partial charge is 0.257 e. The standard InChI is InChI=1S/C18H27N3O2S/c1-4-14-8-6-7-9-20(14)16(22)13-10-21-17(23)15(5-2)12(3)19-18(21)24-11-13/h13-14H,4-11H2,1-3H3. The summed E-state index contributed by atoms with van der Waals surface area (Å²) >= 11 is 1.55. The number of carbonyl (C=O) groups excluding carboxylic acids is 1. The first-order valence-electron chi connectivity index (χ1n) is 9.10. The van der Waals surface area contributed by atoms with Gasteiger partial charge in [-0.3, -0.25) is 14.2 Å². The van der Waals surface area contributed by atoms with E-state index in [1.807, 2.05) is 13.8 Å². The number of fused-ring (bicyclic) bond motifs is 1. The fourth-order valence-corrected chi connectivity index (χ4v) is 5.01. The zero-order valence-corrected chi connectivity index (χ0v) is 15.7. The lowest BCUT2D eigenvalue weighted by atomic mass is 9.97. The molecule has 24 heavy (non-hydrogen) atoms. The first-order valence-corrected chi connectivity index (χ1v) is 10.1. The summed E-state index contributed by atoms with van der Waals surface area (Å²) in [5, 5.41) is 0.768. The second kappa shape index (κ2) is 7.30. The minimum atomic E-state index is -0.110. The number of nitrogens with zero attached hydrogens (tertiary/aromatic N) is 3. The van der Waals surface area contributed by atoms with Gasteiger partial charge in [-0.15, -0.1) is 0 Å². The molecule has 1 amide bonds. The topological polar surface area (TPSA) is 55.2 Å². The van der Waals surface area contributed by atoms with Crippen LogP contribution in [-0.4, -0.2) is 38.7 Å². The largest absolute Gasteiger partial charge is 0.339 e. The molecule has 0 saturated carbocycles. The Morgan fingerprint density at radius 1 is 1.33 bits per heavy atom. The molecule has 6 heteroatoms. The maximum Gasteiger partial charge on any atom is 0.257 e. The van der Waals surface area contributed by atoms with Crippen molar-refractivity contribution in [2.75, 3.05) is 12.3 Å². The minimum Gasteiger partial charge on any atom is -0.339 e. The van der Waals surface area contributed by atoms with Crippen molar-refractivity contribution in [2.24, 2.45) is 5.92 Å². The highest BCUT2D eigenvalue weighted by atomic mass is 32.2. The summed E-state index contributed by atoms with van der Waals surface area (Å²) in [6, 6.07) is 0.372. The molecule has 3 heterocycles. The zero-order valence-electron chi connectivity index (χ0n) is 14.9. The Hall–Kier alpha value is -1.30. The lowest BCUT2D eigenvalue weighted by Gasteiger charge is -2.38. The van der Waals surface area contributed by atoms with E-state index >= 15 is 0 Å². The number of hydrogen-bond donors (Lipinski definition) is 0. The van der Waals surface area contributed by atoms with E-state index in [9.17, 15) is 9.59 Å². The van der Waals surface area contributed by atoms with Crippen molar-refractivity contribution in [1.29, 1.82) is 0 Å². The van der Waals surface area contributed by atoms with Gasteiger partial charge in [0.2, 0.25) is 5.91 Å². The fourth-order valence-electron chi connectivity index (χ4n) is 3.90. The van der Waals surface area contributed by atoms with Gasteiger partial charge in [0.05, 0.1) is 5.92 Å². The van der Waals surface area contributed by atoms with Gasteiger partial charge in [0.1, 0.15) is 0 Å². The third kappa shape index (κ3) is 3.13. The van der Waals surface area contributed by atoms with Crippen molar-refractivity contribution < 1.29 is 4.79 Å². The van der Waals surface area contributed by atoms with Crippen molar-refractivity contribution >= 4 is 17.7 Å². The van der Waals surface area contributed by atoms with Gasteiger partial charge in [-0.25, -0.2) is 4.98 Å². The second-order valence-corrected chi connectivity index (χ2v) is 7.81. The lowest BCUT2D eigenvalue weighted by Crippen LogP contribution is -2.49. The van der Waals surface area contributed by atoms with E-state index in [2.05, 4.69) is 16.8 Å². The predicted molar refractivity (Wildman–Crippen MR) is 96.5 cm³/mol. The molecule has 0 N–H and O–H groups in total. The lowest BCUT2D eigenvalue weighted by molar-refractivity contribution is -0.139. The van der Waals surface area contributed by atoms with Crippen LogP contribution in [0.1, 0.15) is 50.8 Å². The second-order valence-electron chi connectivity index (χ2n) is 6.83. The highest BCUT2D eigenvalue weighted by Crippen LogP contribution is 2.29. The Kier molecular flexibility index (Phi) is 5.33. The Labute approximate surface area is 147 Å². The van der Waals surface area contributed by atoms with Crippen molar-refractivity contribution in [2.45, 2.75) is 70.6 Å². The maximum absolute atomic E-state index is 13.0. The SMILES string of the molecule is CCc1c(C)nc2n(c1=O)CC(C(=O)N1CCCCC1CC)CS2. The Balaban J connectivity index is 1.84. The Morgan fingerprint density at radius 2 is 2.12 bits per heavy atom. The van der Waals surface area contributed by atoms with Crippen LogP contribution in [0.5, 0.6) is 0 Å². The molecule has 0 aliphatic carbocycles. The average Bonchev–Trinajstić information content (AvgIpc) is 2.61. The number of rotatable bonds is 3. The first kappa shape index (κ1) is 17.5. The van der Waals surface area contributed by atoms with Gasteiger partial charge in [0, 0.05) is 36.1 Å². The molecule has 0 bridgehead atoms. The number of amides is 1. The van der Waals surface area contributed by atoms with Crippen LogP contribution in [0.4, 0.5) is 0 Å². The molecule has 3 rings (SSSR count). The summed E-state index contributed by atoms with van der Waals surface area (Å²) in [4.78, 5) is 32.4. The van der Waals surface area contributed by atoms with Gasteiger partial charge in [0.25, 0.3) is 5.56 Å². The van der Waals surface area contributed by atoms with Crippen molar-refractivity contribution in [3.8, 4) is 0 Å². The average molecular weight is 350 g/mol. The van der Waals surface area contributed by atoms with Gasteiger partial charge in [0.15, 0.2) is 5.16 Å². The molecule has 1 aromatic heterocycles. The Bertz CT molecular complexity index is 686. The normalized spacial score (nSPS) is 23.9. The fraction of sp³-hybridized carbons (Fsp3) is 0.722. The van der Waals surface area contributed by atoms with Gasteiger partial charge < -0.3 is 4.90 Å². The molecule has 5 nitrogen and oxygen atoms in total. The summed E-state index contributed by atoms with van der Waals surface area (Å²) in [6.45, 7) is 7.39. The van der Waals surface area contributed by atoms with Crippen LogP contribution in [0, 0.1) is 12.8 Å². The van der Waals surface area contributed by atoms with Crippen LogP contribution in [-0.2, 0) is 17.8 Å². The molecule has 2 atom stereocenters. The number of thioether (sulfide) groups is 1. The van der Waals surface area contributed by atoms with E-state index in [0.29, 0.717) is 19.0 Å². The van der Waals surface area contributed by atoms with Crippen molar-refractivity contribution in [3.63, 3.8) is 0 Å². The van der Waals surface area contributed by atoms with E-state index in [0.717, 1.165) is 48.0 Å². The quantitative estimate of drug-likeness (QED) is 0.787. The molecular formula is C18H27N3O2S. The predicted octanol–water partition coefficient (Wildman–Crippen LogP) is 2.63. The third-order valence-electron chi connectivity index (χ3n) is 5.34. The van der Waals surface area contributed by atoms with Gasteiger partial charge in [-0.05, 0) is 39.0 Å². The van der Waals surface area contributed by atoms with E-state index < -0.39 is 0 Å². The molecule has 2 aliphatic heterocycles. The molecule has 0 spiro atoms. The van der Waals surface area contributed by atoms with Gasteiger partial charge in [-0.1, -0.05) is 25.6 Å². The molecule has 2 unspecified atom stereocenters. The summed E-state index contributed by atoms with van der Waals surface area (Å²) in [7, 11) is 0. The molecule has 2 aliphatic rings. The van der Waals surface area contributed by atoms with Crippen molar-refractivity contribution in [1.82, 2.24) is 14.5 Å². The first-order chi connectivity index (χ1) is 11.6. The van der Waals surface area contributed by atoms with Gasteiger partial charge in [-0.2, -0.15) is 0 Å². The molecule has 0 radical (unpaired) electrons. The van der Waals surface area contributed by atoms with E-state index in [1.54, 1.807) is 16.3 Å². The van der Waals surface area contributed by atoms with Crippen LogP contribution in [0.2, 0.25) is 0 Å². The summed E-state index contributed by atoms with van der Waals surface area (Å²) in [5.74, 6) is 0.843. The highest BCUT2D eigenvalue weighted by molar-refractivity contribution is 7.99. The van der Waals surface area contributed by atoms with Crippen LogP contribution in [0.25, 0.3) is 0 Å². The molecule has 1 fully saturated rings. The monoisotopic (exact) mass is 349 g/mol. The Morgan fingerprint density at radius 3 is 2.83 bits per heavy atom. The van der Waals surface area contributed by atoms with E-state index in [4.69, 9.17) is 0 Å². The van der Waals surface area contributed by atoms with Crippen LogP contribution >= 0.6 is 11.8 Å². The number of aromatic nitrogens is 2. The number of carbonyl (C=O) groups is 1. The molecule has 0 aromatic carbocycles. The number of aryl methyl sites for hydroxylation is 1. The molecule has 1 saturated heterocycles. The summed E-state index contributed by atoms with van der Waals surface area (Å²) in [6.07, 6.45) is 5.12. The van der Waals surface area contributed by atoms with Gasteiger partial charge >= 0.3 is 0 Å². The summed E-state index contributed by atoms with van der Waals surface area (Å²) in [5.41, 5.74) is 1.64. The summed E-state index contributed by atoms with van der Waals surface area (Å²) < 4.78 is 1.73. The molecule has 1 aromatic rings. The van der Waals surface area contributed by atoms with Crippen LogP contribution in [0.15, 0.2) is 9.95 Å². The number of likely N-dealkylation sites (tertiary alicyclic amines) is 1. The zero-order chi connectivity index (χ0) is 17.3. The number of hydrogen-bond acceptors (Lipinski definition) is 4. The van der Waals surface area contributed by atoms with E-state index in [1.165, 1.54) is 6.42 Å². The van der Waals surface area contributed by atoms with Crippen LogP contribution in [0.3, 0.4) is 0 Å². The number of piperidine rings is 1. The van der Waals surface area contributed by atoms with Crippen LogP contribution < -0.4 is 5.56 Å². The maximum atomic E-state index is 13.0. The third-order valence-corrected chi connectivity index (χ3v) is 6.47.